The van der Waals surface area contributed by atoms with Crippen molar-refractivity contribution in [3.63, 3.8) is 0 Å². The summed E-state index contributed by atoms with van der Waals surface area (Å²) in [5.41, 5.74) is 1.71. The van der Waals surface area contributed by atoms with E-state index in [1.54, 1.807) is 30.3 Å². The molecule has 3 heteroatoms. The number of fused-ring (bicyclic) bond motifs is 1. The number of rotatable bonds is 1. The van der Waals surface area contributed by atoms with Gasteiger partial charge in [-0.25, -0.2) is 0 Å². The summed E-state index contributed by atoms with van der Waals surface area (Å²) in [6.45, 7) is 0. The lowest BCUT2D eigenvalue weighted by Gasteiger charge is -2.09. The predicted molar refractivity (Wildman–Crippen MR) is 69.2 cm³/mol. The van der Waals surface area contributed by atoms with Crippen LogP contribution in [0.5, 0.6) is 0 Å². The topological polar surface area (TPSA) is 57.9 Å². The Morgan fingerprint density at radius 1 is 1.26 bits per heavy atom. The zero-order valence-electron chi connectivity index (χ0n) is 10.2. The third-order valence-corrected chi connectivity index (χ3v) is 3.68. The molecule has 2 aliphatic rings. The first-order chi connectivity index (χ1) is 9.22. The maximum absolute atomic E-state index is 12.4. The molecule has 0 bridgehead atoms. The Labute approximate surface area is 110 Å². The highest BCUT2D eigenvalue weighted by Crippen LogP contribution is 2.39. The van der Waals surface area contributed by atoms with Crippen molar-refractivity contribution < 1.29 is 9.59 Å². The van der Waals surface area contributed by atoms with E-state index >= 15 is 0 Å². The van der Waals surface area contributed by atoms with Crippen LogP contribution in [-0.2, 0) is 9.59 Å². The van der Waals surface area contributed by atoms with Crippen molar-refractivity contribution >= 4 is 11.6 Å². The summed E-state index contributed by atoms with van der Waals surface area (Å²) >= 11 is 0. The van der Waals surface area contributed by atoms with Gasteiger partial charge in [0.25, 0.3) is 0 Å². The molecule has 1 saturated carbocycles. The molecule has 0 radical (unpaired) electrons. The van der Waals surface area contributed by atoms with Crippen molar-refractivity contribution in [2.75, 3.05) is 0 Å². The molecule has 1 aromatic carbocycles. The van der Waals surface area contributed by atoms with E-state index in [0.29, 0.717) is 23.1 Å². The molecule has 0 aliphatic heterocycles. The minimum absolute atomic E-state index is 0.0457. The molecule has 0 aromatic heterocycles. The summed E-state index contributed by atoms with van der Waals surface area (Å²) in [6.07, 6.45) is 6.08. The van der Waals surface area contributed by atoms with E-state index in [1.807, 2.05) is 18.2 Å². The number of benzene rings is 1. The Hall–Kier alpha value is -2.47. The normalized spacial score (nSPS) is 24.9. The van der Waals surface area contributed by atoms with Crippen LogP contribution < -0.4 is 0 Å². The molecule has 2 unspecified atom stereocenters. The van der Waals surface area contributed by atoms with Crippen LogP contribution in [0.1, 0.15) is 23.5 Å². The first kappa shape index (κ1) is 11.6. The van der Waals surface area contributed by atoms with Crippen molar-refractivity contribution in [1.29, 1.82) is 5.26 Å². The Morgan fingerprint density at radius 3 is 2.84 bits per heavy atom. The number of nitrogens with zero attached hydrogens (tertiary/aromatic N) is 1. The third-order valence-electron chi connectivity index (χ3n) is 3.68. The van der Waals surface area contributed by atoms with Crippen LogP contribution >= 0.6 is 0 Å². The second-order valence-corrected chi connectivity index (χ2v) is 4.78. The summed E-state index contributed by atoms with van der Waals surface area (Å²) in [6, 6.07) is 8.79. The maximum Gasteiger partial charge on any atom is 0.174 e. The Morgan fingerprint density at radius 2 is 2.11 bits per heavy atom. The molecule has 92 valence electrons. The van der Waals surface area contributed by atoms with Gasteiger partial charge in [0.05, 0.1) is 17.6 Å². The molecule has 0 heterocycles. The molecular formula is C16H11NO2. The molecule has 0 amide bonds. The highest BCUT2D eigenvalue weighted by atomic mass is 16.2. The van der Waals surface area contributed by atoms with Gasteiger partial charge in [0.1, 0.15) is 5.92 Å². The van der Waals surface area contributed by atoms with E-state index in [0.717, 1.165) is 0 Å². The van der Waals surface area contributed by atoms with Gasteiger partial charge >= 0.3 is 0 Å². The Kier molecular flexibility index (Phi) is 2.64. The van der Waals surface area contributed by atoms with Crippen molar-refractivity contribution in [3.8, 4) is 6.07 Å². The molecule has 0 spiro atoms. The summed E-state index contributed by atoms with van der Waals surface area (Å²) in [7, 11) is 0. The lowest BCUT2D eigenvalue weighted by atomic mass is 9.92. The largest absolute Gasteiger partial charge is 0.298 e. The fourth-order valence-corrected chi connectivity index (χ4v) is 2.75. The first-order valence-electron chi connectivity index (χ1n) is 6.17. The van der Waals surface area contributed by atoms with E-state index < -0.39 is 5.92 Å². The maximum atomic E-state index is 12.4. The molecule has 0 N–H and O–H groups in total. The number of hydrogen-bond donors (Lipinski definition) is 0. The van der Waals surface area contributed by atoms with Gasteiger partial charge in [0.2, 0.25) is 0 Å². The average molecular weight is 249 g/mol. The van der Waals surface area contributed by atoms with Crippen molar-refractivity contribution in [2.45, 2.75) is 12.3 Å². The second-order valence-electron chi connectivity index (χ2n) is 4.78. The van der Waals surface area contributed by atoms with Crippen LogP contribution in [0.25, 0.3) is 0 Å². The number of hydrogen-bond acceptors (Lipinski definition) is 3. The summed E-state index contributed by atoms with van der Waals surface area (Å²) in [5.74, 6) is -1.19. The van der Waals surface area contributed by atoms with Gasteiger partial charge in [-0.1, -0.05) is 30.4 Å². The fraction of sp³-hybridized carbons (Fsp3) is 0.188. The molecule has 2 atom stereocenters. The van der Waals surface area contributed by atoms with E-state index in [-0.39, 0.29) is 17.5 Å². The van der Waals surface area contributed by atoms with E-state index in [2.05, 4.69) is 0 Å². The number of allylic oxidation sites excluding steroid dienone is 4. The SMILES string of the molecule is N#Cc1cccc(C2C(=O)C3=CC=CCC3C2=O)c1. The Bertz CT molecular complexity index is 676. The Balaban J connectivity index is 2.05. The number of Topliss-reactive ketones (excluding diaryl/α,β-unsaturated/α-hetero) is 2. The van der Waals surface area contributed by atoms with E-state index in [9.17, 15) is 9.59 Å². The van der Waals surface area contributed by atoms with Crippen LogP contribution in [0.4, 0.5) is 0 Å². The minimum Gasteiger partial charge on any atom is -0.298 e. The fourth-order valence-electron chi connectivity index (χ4n) is 2.75. The van der Waals surface area contributed by atoms with Crippen LogP contribution in [-0.4, -0.2) is 11.6 Å². The second kappa shape index (κ2) is 4.33. The summed E-state index contributed by atoms with van der Waals surface area (Å²) in [4.78, 5) is 24.7. The molecular weight excluding hydrogens is 238 g/mol. The van der Waals surface area contributed by atoms with Crippen LogP contribution in [0.3, 0.4) is 0 Å². The monoisotopic (exact) mass is 249 g/mol. The highest BCUT2D eigenvalue weighted by molar-refractivity contribution is 6.24. The van der Waals surface area contributed by atoms with E-state index in [4.69, 9.17) is 5.26 Å². The molecule has 3 rings (SSSR count). The zero-order chi connectivity index (χ0) is 13.4. The van der Waals surface area contributed by atoms with Gasteiger partial charge in [-0.3, -0.25) is 9.59 Å². The van der Waals surface area contributed by atoms with Gasteiger partial charge in [0, 0.05) is 5.57 Å². The number of carbonyl (C=O) groups excluding carboxylic acids is 2. The van der Waals surface area contributed by atoms with E-state index in [1.165, 1.54) is 0 Å². The first-order valence-corrected chi connectivity index (χ1v) is 6.17. The van der Waals surface area contributed by atoms with Gasteiger partial charge in [0.15, 0.2) is 11.6 Å². The van der Waals surface area contributed by atoms with Gasteiger partial charge in [-0.2, -0.15) is 5.26 Å². The average Bonchev–Trinajstić information content (AvgIpc) is 2.72. The predicted octanol–water partition coefficient (Wildman–Crippen LogP) is 2.30. The molecule has 0 saturated heterocycles. The highest BCUT2D eigenvalue weighted by Gasteiger charge is 2.45. The smallest absolute Gasteiger partial charge is 0.174 e. The lowest BCUT2D eigenvalue weighted by Crippen LogP contribution is -2.15. The molecule has 1 fully saturated rings. The summed E-state index contributed by atoms with van der Waals surface area (Å²) in [5, 5.41) is 8.90. The van der Waals surface area contributed by atoms with Crippen LogP contribution in [0.2, 0.25) is 0 Å². The van der Waals surface area contributed by atoms with Gasteiger partial charge in [-0.15, -0.1) is 0 Å². The van der Waals surface area contributed by atoms with Gasteiger partial charge < -0.3 is 0 Å². The number of carbonyl (C=O) groups is 2. The lowest BCUT2D eigenvalue weighted by molar-refractivity contribution is -0.124. The minimum atomic E-state index is -0.732. The quantitative estimate of drug-likeness (QED) is 0.717. The summed E-state index contributed by atoms with van der Waals surface area (Å²) < 4.78 is 0. The third kappa shape index (κ3) is 1.73. The van der Waals surface area contributed by atoms with Gasteiger partial charge in [-0.05, 0) is 24.1 Å². The molecule has 2 aliphatic carbocycles. The van der Waals surface area contributed by atoms with Crippen LogP contribution in [0.15, 0.2) is 48.1 Å². The molecule has 19 heavy (non-hydrogen) atoms. The molecule has 1 aromatic rings. The standard InChI is InChI=1S/C16H11NO2/c17-9-10-4-3-5-11(8-10)14-15(18)12-6-1-2-7-13(12)16(14)19/h1-6,8,13-14H,7H2. The van der Waals surface area contributed by atoms with Crippen molar-refractivity contribution in [2.24, 2.45) is 5.92 Å². The zero-order valence-corrected chi connectivity index (χ0v) is 10.2. The number of nitriles is 1. The van der Waals surface area contributed by atoms with Crippen molar-refractivity contribution in [3.05, 3.63) is 59.2 Å². The van der Waals surface area contributed by atoms with Crippen LogP contribution in [0, 0.1) is 17.2 Å². The number of ketones is 2. The molecule has 3 nitrogen and oxygen atoms in total. The van der Waals surface area contributed by atoms with Crippen molar-refractivity contribution in [1.82, 2.24) is 0 Å².